The van der Waals surface area contributed by atoms with Crippen molar-refractivity contribution < 1.29 is 0 Å². The molecule has 0 saturated heterocycles. The number of likely N-dealkylation sites (N-methyl/N-ethyl adjacent to an activating group) is 1. The fraction of sp³-hybridized carbons (Fsp3) is 0.556. The molecule has 2 heteroatoms. The minimum Gasteiger partial charge on any atom is -0.354 e. The van der Waals surface area contributed by atoms with Crippen LogP contribution in [0.4, 0.5) is 0 Å². The zero-order valence-electron chi connectivity index (χ0n) is 7.89. The Morgan fingerprint density at radius 2 is 2.00 bits per heavy atom. The van der Waals surface area contributed by atoms with Gasteiger partial charge < -0.3 is 10.6 Å². The molecule has 11 heavy (non-hydrogen) atoms. The minimum atomic E-state index is -0.294. The highest BCUT2D eigenvalue weighted by atomic mass is 15.1. The predicted octanol–water partition coefficient (Wildman–Crippen LogP) is 1.70. The molecule has 0 aliphatic heterocycles. The fourth-order valence-corrected chi connectivity index (χ4v) is 1.13. The fourth-order valence-electron chi connectivity index (χ4n) is 1.13. The van der Waals surface area contributed by atoms with Crippen LogP contribution in [0.1, 0.15) is 20.8 Å². The van der Waals surface area contributed by atoms with Gasteiger partial charge in [0.1, 0.15) is 0 Å². The molecule has 0 amide bonds. The third-order valence-corrected chi connectivity index (χ3v) is 1.59. The van der Waals surface area contributed by atoms with Crippen molar-refractivity contribution in [3.8, 4) is 0 Å². The van der Waals surface area contributed by atoms with Crippen molar-refractivity contribution in [2.75, 3.05) is 7.05 Å². The molecule has 0 atom stereocenters. The lowest BCUT2D eigenvalue weighted by atomic mass is 10.0. The molecule has 0 bridgehead atoms. The topological polar surface area (TPSA) is 29.3 Å². The highest BCUT2D eigenvalue weighted by Crippen LogP contribution is 2.15. The Labute approximate surface area is 69.4 Å². The van der Waals surface area contributed by atoms with Gasteiger partial charge in [-0.1, -0.05) is 12.7 Å². The first-order valence-electron chi connectivity index (χ1n) is 3.74. The summed E-state index contributed by atoms with van der Waals surface area (Å²) in [6.07, 6.45) is 3.76. The maximum Gasteiger partial charge on any atom is 0.0502 e. The highest BCUT2D eigenvalue weighted by Gasteiger charge is 2.18. The standard InChI is InChI=1S/C9H18N2/c1-6-8(9(3,4)10)11(5)7-2/h6-7H,2,10H2,1,3-5H3/b8-6-. The molecule has 0 heterocycles. The van der Waals surface area contributed by atoms with Crippen molar-refractivity contribution in [1.29, 1.82) is 0 Å². The summed E-state index contributed by atoms with van der Waals surface area (Å²) in [6, 6.07) is 0. The van der Waals surface area contributed by atoms with Gasteiger partial charge in [-0.15, -0.1) is 0 Å². The van der Waals surface area contributed by atoms with Gasteiger partial charge in [0.05, 0.1) is 5.54 Å². The Bertz CT molecular complexity index is 163. The van der Waals surface area contributed by atoms with E-state index < -0.39 is 0 Å². The first-order chi connectivity index (χ1) is 4.93. The summed E-state index contributed by atoms with van der Waals surface area (Å²) in [5.41, 5.74) is 6.69. The number of nitrogens with two attached hydrogens (primary N) is 1. The second-order valence-electron chi connectivity index (χ2n) is 3.19. The Hall–Kier alpha value is -0.760. The highest BCUT2D eigenvalue weighted by molar-refractivity contribution is 5.15. The molecule has 0 rings (SSSR count). The van der Waals surface area contributed by atoms with E-state index in [9.17, 15) is 0 Å². The van der Waals surface area contributed by atoms with Gasteiger partial charge in [-0.3, -0.25) is 0 Å². The van der Waals surface area contributed by atoms with Crippen LogP contribution in [0.3, 0.4) is 0 Å². The van der Waals surface area contributed by atoms with E-state index in [4.69, 9.17) is 5.73 Å². The van der Waals surface area contributed by atoms with E-state index in [-0.39, 0.29) is 5.54 Å². The summed E-state index contributed by atoms with van der Waals surface area (Å²) in [5.74, 6) is 0. The lowest BCUT2D eigenvalue weighted by Gasteiger charge is -2.29. The quantitative estimate of drug-likeness (QED) is 0.670. The minimum absolute atomic E-state index is 0.294. The molecule has 2 nitrogen and oxygen atoms in total. The smallest absolute Gasteiger partial charge is 0.0502 e. The zero-order chi connectivity index (χ0) is 9.07. The second-order valence-corrected chi connectivity index (χ2v) is 3.19. The SMILES string of the molecule is C=CN(C)/C(=C\C)C(C)(C)N. The van der Waals surface area contributed by atoms with Crippen molar-refractivity contribution in [2.45, 2.75) is 26.3 Å². The molecule has 0 saturated carbocycles. The first kappa shape index (κ1) is 10.2. The lowest BCUT2D eigenvalue weighted by molar-refractivity contribution is 0.439. The summed E-state index contributed by atoms with van der Waals surface area (Å²) < 4.78 is 0. The van der Waals surface area contributed by atoms with Gasteiger partial charge in [-0.25, -0.2) is 0 Å². The van der Waals surface area contributed by atoms with Crippen molar-refractivity contribution in [3.05, 3.63) is 24.6 Å². The molecule has 0 spiro atoms. The Morgan fingerprint density at radius 1 is 1.55 bits per heavy atom. The molecule has 0 fully saturated rings. The molecule has 64 valence electrons. The van der Waals surface area contributed by atoms with Crippen molar-refractivity contribution >= 4 is 0 Å². The van der Waals surface area contributed by atoms with E-state index >= 15 is 0 Å². The van der Waals surface area contributed by atoms with Crippen LogP contribution >= 0.6 is 0 Å². The molecule has 0 aromatic rings. The average Bonchev–Trinajstić information content (AvgIpc) is 1.86. The summed E-state index contributed by atoms with van der Waals surface area (Å²) in [7, 11) is 1.94. The Morgan fingerprint density at radius 3 is 2.09 bits per heavy atom. The van der Waals surface area contributed by atoms with Gasteiger partial charge in [0.25, 0.3) is 0 Å². The van der Waals surface area contributed by atoms with Crippen molar-refractivity contribution in [3.63, 3.8) is 0 Å². The van der Waals surface area contributed by atoms with Crippen LogP contribution in [0.15, 0.2) is 24.6 Å². The number of hydrogen-bond acceptors (Lipinski definition) is 2. The third-order valence-electron chi connectivity index (χ3n) is 1.59. The normalized spacial score (nSPS) is 13.0. The monoisotopic (exact) mass is 154 g/mol. The molecular weight excluding hydrogens is 136 g/mol. The molecular formula is C9H18N2. The Kier molecular flexibility index (Phi) is 3.33. The molecule has 0 aliphatic rings. The lowest BCUT2D eigenvalue weighted by Crippen LogP contribution is -2.39. The summed E-state index contributed by atoms with van der Waals surface area (Å²) in [5, 5.41) is 0. The van der Waals surface area contributed by atoms with Gasteiger partial charge >= 0.3 is 0 Å². The van der Waals surface area contributed by atoms with Crippen molar-refractivity contribution in [2.24, 2.45) is 5.73 Å². The van der Waals surface area contributed by atoms with Crippen LogP contribution in [0.25, 0.3) is 0 Å². The van der Waals surface area contributed by atoms with Crippen LogP contribution in [-0.2, 0) is 0 Å². The first-order valence-corrected chi connectivity index (χ1v) is 3.74. The van der Waals surface area contributed by atoms with Gasteiger partial charge in [0.2, 0.25) is 0 Å². The zero-order valence-corrected chi connectivity index (χ0v) is 7.89. The number of rotatable bonds is 3. The van der Waals surface area contributed by atoms with Crippen molar-refractivity contribution in [1.82, 2.24) is 4.90 Å². The number of allylic oxidation sites excluding steroid dienone is 1. The average molecular weight is 154 g/mol. The van der Waals surface area contributed by atoms with Crippen LogP contribution in [0.5, 0.6) is 0 Å². The van der Waals surface area contributed by atoms with Crippen LogP contribution in [-0.4, -0.2) is 17.5 Å². The van der Waals surface area contributed by atoms with E-state index in [0.29, 0.717) is 0 Å². The maximum absolute atomic E-state index is 5.91. The second kappa shape index (κ2) is 3.58. The van der Waals surface area contributed by atoms with Gasteiger partial charge in [0, 0.05) is 12.7 Å². The predicted molar refractivity (Wildman–Crippen MR) is 50.0 cm³/mol. The van der Waals surface area contributed by atoms with Gasteiger partial charge in [0.15, 0.2) is 0 Å². The summed E-state index contributed by atoms with van der Waals surface area (Å²) in [4.78, 5) is 1.93. The Balaban J connectivity index is 4.57. The summed E-state index contributed by atoms with van der Waals surface area (Å²) in [6.45, 7) is 9.60. The molecule has 2 N–H and O–H groups in total. The van der Waals surface area contributed by atoms with Crippen LogP contribution < -0.4 is 5.73 Å². The molecule has 0 aromatic heterocycles. The third kappa shape index (κ3) is 2.76. The molecule has 0 aromatic carbocycles. The van der Waals surface area contributed by atoms with E-state index in [1.807, 2.05) is 38.8 Å². The largest absolute Gasteiger partial charge is 0.354 e. The molecule has 0 aliphatic carbocycles. The van der Waals surface area contributed by atoms with Crippen LogP contribution in [0.2, 0.25) is 0 Å². The molecule has 0 radical (unpaired) electrons. The number of hydrogen-bond donors (Lipinski definition) is 1. The maximum atomic E-state index is 5.91. The van der Waals surface area contributed by atoms with Gasteiger partial charge in [-0.2, -0.15) is 0 Å². The molecule has 0 unspecified atom stereocenters. The number of nitrogens with zero attached hydrogens (tertiary/aromatic N) is 1. The van der Waals surface area contributed by atoms with E-state index in [1.54, 1.807) is 6.20 Å². The van der Waals surface area contributed by atoms with Crippen LogP contribution in [0, 0.1) is 0 Å². The van der Waals surface area contributed by atoms with E-state index in [2.05, 4.69) is 6.58 Å². The van der Waals surface area contributed by atoms with Gasteiger partial charge in [-0.05, 0) is 27.0 Å². The van der Waals surface area contributed by atoms with E-state index in [0.717, 1.165) is 5.70 Å². The van der Waals surface area contributed by atoms with E-state index in [1.165, 1.54) is 0 Å². The summed E-state index contributed by atoms with van der Waals surface area (Å²) >= 11 is 0.